The van der Waals surface area contributed by atoms with E-state index in [2.05, 4.69) is 6.92 Å². The summed E-state index contributed by atoms with van der Waals surface area (Å²) in [6.45, 7) is 2.09. The molecule has 0 N–H and O–H groups in total. The molecule has 0 saturated heterocycles. The van der Waals surface area contributed by atoms with Gasteiger partial charge in [0, 0.05) is 10.1 Å². The molecule has 1 aromatic rings. The highest BCUT2D eigenvalue weighted by molar-refractivity contribution is 8.02. The molecule has 0 aromatic heterocycles. The third-order valence-corrected chi connectivity index (χ3v) is 2.86. The number of halogens is 1. The van der Waals surface area contributed by atoms with Crippen molar-refractivity contribution in [3.63, 3.8) is 0 Å². The Morgan fingerprint density at radius 1 is 1.45 bits per heavy atom. The van der Waals surface area contributed by atoms with E-state index < -0.39 is 0 Å². The molecule has 1 heterocycles. The van der Waals surface area contributed by atoms with Gasteiger partial charge < -0.3 is 0 Å². The minimum absolute atomic E-state index is 0.126. The zero-order valence-corrected chi connectivity index (χ0v) is 7.04. The summed E-state index contributed by atoms with van der Waals surface area (Å²) in [6, 6.07) is 5.00. The predicted molar refractivity (Wildman–Crippen MR) is 44.9 cm³/mol. The van der Waals surface area contributed by atoms with Crippen LogP contribution in [0.2, 0.25) is 0 Å². The third kappa shape index (κ3) is 1.27. The fraction of sp³-hybridized carbons (Fsp3) is 0.222. The van der Waals surface area contributed by atoms with E-state index in [9.17, 15) is 4.39 Å². The van der Waals surface area contributed by atoms with Gasteiger partial charge in [0.05, 0.1) is 0 Å². The van der Waals surface area contributed by atoms with Crippen molar-refractivity contribution in [2.75, 3.05) is 0 Å². The molecule has 0 saturated carbocycles. The first kappa shape index (κ1) is 7.17. The Bertz CT molecular complexity index is 283. The van der Waals surface area contributed by atoms with E-state index in [-0.39, 0.29) is 5.82 Å². The Kier molecular flexibility index (Phi) is 1.64. The van der Waals surface area contributed by atoms with Crippen LogP contribution in [0.4, 0.5) is 4.39 Å². The topological polar surface area (TPSA) is 0 Å². The van der Waals surface area contributed by atoms with Crippen molar-refractivity contribution in [2.24, 2.45) is 0 Å². The van der Waals surface area contributed by atoms with E-state index >= 15 is 0 Å². The standard InChI is InChI=1S/C9H8FS/c1-6-4-7-5-8(10)2-3-9(7)11-6/h2-3,5H,4H2,1H3. The number of fused-ring (bicyclic) bond motifs is 1. The maximum atomic E-state index is 12.7. The molecule has 57 valence electrons. The lowest BCUT2D eigenvalue weighted by Crippen LogP contribution is -1.83. The second-order valence-corrected chi connectivity index (χ2v) is 4.07. The number of hydrogen-bond acceptors (Lipinski definition) is 1. The molecule has 0 spiro atoms. The third-order valence-electron chi connectivity index (χ3n) is 1.75. The maximum absolute atomic E-state index is 12.7. The molecule has 11 heavy (non-hydrogen) atoms. The summed E-state index contributed by atoms with van der Waals surface area (Å²) in [5.74, 6) is -0.126. The van der Waals surface area contributed by atoms with Gasteiger partial charge in [0.2, 0.25) is 0 Å². The van der Waals surface area contributed by atoms with E-state index in [1.807, 2.05) is 6.07 Å². The SMILES string of the molecule is C[C]1Cc2cc(F)ccc2S1. The zero-order chi connectivity index (χ0) is 7.84. The summed E-state index contributed by atoms with van der Waals surface area (Å²) in [4.78, 5) is 1.21. The smallest absolute Gasteiger partial charge is 0.123 e. The fourth-order valence-electron chi connectivity index (χ4n) is 1.28. The van der Waals surface area contributed by atoms with Crippen LogP contribution in [-0.2, 0) is 6.42 Å². The van der Waals surface area contributed by atoms with E-state index in [1.54, 1.807) is 17.8 Å². The van der Waals surface area contributed by atoms with Gasteiger partial charge >= 0.3 is 0 Å². The molecule has 0 aliphatic carbocycles. The lowest BCUT2D eigenvalue weighted by molar-refractivity contribution is 0.624. The average Bonchev–Trinajstić information content (AvgIpc) is 2.27. The van der Waals surface area contributed by atoms with Gasteiger partial charge in [-0.2, -0.15) is 0 Å². The molecule has 1 aliphatic rings. The number of hydrogen-bond donors (Lipinski definition) is 0. The summed E-state index contributed by atoms with van der Waals surface area (Å²) in [7, 11) is 0. The molecule has 0 bridgehead atoms. The van der Waals surface area contributed by atoms with Gasteiger partial charge in [-0.1, -0.05) is 0 Å². The highest BCUT2D eigenvalue weighted by Gasteiger charge is 2.18. The molecular weight excluding hydrogens is 159 g/mol. The minimum atomic E-state index is -0.126. The highest BCUT2D eigenvalue weighted by atomic mass is 32.2. The summed E-state index contributed by atoms with van der Waals surface area (Å²) in [6.07, 6.45) is 0.928. The van der Waals surface area contributed by atoms with Gasteiger partial charge in [0.1, 0.15) is 5.82 Å². The largest absolute Gasteiger partial charge is 0.207 e. The van der Waals surface area contributed by atoms with Crippen LogP contribution in [0, 0.1) is 11.1 Å². The summed E-state index contributed by atoms with van der Waals surface area (Å²) < 4.78 is 12.7. The van der Waals surface area contributed by atoms with Crippen LogP contribution in [0.5, 0.6) is 0 Å². The number of thioether (sulfide) groups is 1. The summed E-state index contributed by atoms with van der Waals surface area (Å²) >= 11 is 1.75. The van der Waals surface area contributed by atoms with E-state index in [0.29, 0.717) is 0 Å². The van der Waals surface area contributed by atoms with Crippen LogP contribution in [0.15, 0.2) is 23.1 Å². The Morgan fingerprint density at radius 3 is 3.09 bits per heavy atom. The van der Waals surface area contributed by atoms with Crippen molar-refractivity contribution in [1.29, 1.82) is 0 Å². The molecule has 0 atom stereocenters. The van der Waals surface area contributed by atoms with Crippen LogP contribution >= 0.6 is 11.8 Å². The van der Waals surface area contributed by atoms with Crippen LogP contribution < -0.4 is 0 Å². The molecule has 0 amide bonds. The highest BCUT2D eigenvalue weighted by Crippen LogP contribution is 2.41. The quantitative estimate of drug-likeness (QED) is 0.572. The van der Waals surface area contributed by atoms with Gasteiger partial charge in [-0.15, -0.1) is 11.8 Å². The Balaban J connectivity index is 2.43. The first-order chi connectivity index (χ1) is 5.25. The summed E-state index contributed by atoms with van der Waals surface area (Å²) in [5.41, 5.74) is 1.13. The first-order valence-corrected chi connectivity index (χ1v) is 4.36. The molecule has 0 unspecified atom stereocenters. The maximum Gasteiger partial charge on any atom is 0.123 e. The van der Waals surface area contributed by atoms with Crippen molar-refractivity contribution < 1.29 is 4.39 Å². The molecule has 0 nitrogen and oxygen atoms in total. The second-order valence-electron chi connectivity index (χ2n) is 2.73. The van der Waals surface area contributed by atoms with Crippen LogP contribution in [-0.4, -0.2) is 0 Å². The van der Waals surface area contributed by atoms with Crippen molar-refractivity contribution >= 4 is 11.8 Å². The molecule has 1 aromatic carbocycles. The lowest BCUT2D eigenvalue weighted by Gasteiger charge is -1.94. The van der Waals surface area contributed by atoms with Crippen molar-refractivity contribution in [1.82, 2.24) is 0 Å². The molecule has 1 aliphatic heterocycles. The van der Waals surface area contributed by atoms with Crippen molar-refractivity contribution in [3.8, 4) is 0 Å². The first-order valence-electron chi connectivity index (χ1n) is 3.54. The van der Waals surface area contributed by atoms with Crippen LogP contribution in [0.3, 0.4) is 0 Å². The van der Waals surface area contributed by atoms with Crippen molar-refractivity contribution in [3.05, 3.63) is 34.8 Å². The molecular formula is C9H8FS. The number of rotatable bonds is 0. The summed E-state index contributed by atoms with van der Waals surface area (Å²) in [5, 5.41) is 1.35. The monoisotopic (exact) mass is 167 g/mol. The minimum Gasteiger partial charge on any atom is -0.207 e. The molecule has 2 rings (SSSR count). The zero-order valence-electron chi connectivity index (χ0n) is 6.23. The van der Waals surface area contributed by atoms with Crippen molar-refractivity contribution in [2.45, 2.75) is 18.2 Å². The van der Waals surface area contributed by atoms with E-state index in [0.717, 1.165) is 12.0 Å². The normalized spacial score (nSPS) is 16.9. The Labute approximate surface area is 69.8 Å². The average molecular weight is 167 g/mol. The van der Waals surface area contributed by atoms with Gasteiger partial charge in [0.15, 0.2) is 0 Å². The lowest BCUT2D eigenvalue weighted by atomic mass is 10.1. The second kappa shape index (κ2) is 2.52. The van der Waals surface area contributed by atoms with Crippen LogP contribution in [0.25, 0.3) is 0 Å². The Hall–Kier alpha value is -0.500. The Morgan fingerprint density at radius 2 is 2.27 bits per heavy atom. The van der Waals surface area contributed by atoms with Gasteiger partial charge in [-0.3, -0.25) is 0 Å². The van der Waals surface area contributed by atoms with Gasteiger partial charge in [0.25, 0.3) is 0 Å². The van der Waals surface area contributed by atoms with E-state index in [1.165, 1.54) is 16.2 Å². The predicted octanol–water partition coefficient (Wildman–Crippen LogP) is 3.03. The fourth-order valence-corrected chi connectivity index (χ4v) is 2.28. The molecule has 2 heteroatoms. The van der Waals surface area contributed by atoms with Crippen LogP contribution in [0.1, 0.15) is 12.5 Å². The van der Waals surface area contributed by atoms with E-state index in [4.69, 9.17) is 0 Å². The van der Waals surface area contributed by atoms with Gasteiger partial charge in [-0.25, -0.2) is 4.39 Å². The molecule has 1 radical (unpaired) electrons. The number of benzene rings is 1. The molecule has 0 fully saturated rings. The van der Waals surface area contributed by atoms with Gasteiger partial charge in [-0.05, 0) is 37.1 Å².